The summed E-state index contributed by atoms with van der Waals surface area (Å²) < 4.78 is 2.07. The molecule has 4 rings (SSSR count). The van der Waals surface area contributed by atoms with E-state index in [1.165, 1.54) is 38.8 Å². The van der Waals surface area contributed by atoms with Gasteiger partial charge in [0.2, 0.25) is 0 Å². The van der Waals surface area contributed by atoms with Gasteiger partial charge in [0.05, 0.1) is 0 Å². The third kappa shape index (κ3) is 4.73. The van der Waals surface area contributed by atoms with Crippen molar-refractivity contribution in [1.82, 2.24) is 24.8 Å². The van der Waals surface area contributed by atoms with E-state index in [4.69, 9.17) is 4.99 Å². The van der Waals surface area contributed by atoms with Crippen molar-refractivity contribution in [3.63, 3.8) is 0 Å². The summed E-state index contributed by atoms with van der Waals surface area (Å²) in [6.07, 6.45) is 9.56. The van der Waals surface area contributed by atoms with E-state index in [2.05, 4.69) is 31.7 Å². The quantitative estimate of drug-likeness (QED) is 0.307. The molecule has 0 radical (unpaired) electrons. The van der Waals surface area contributed by atoms with E-state index in [-0.39, 0.29) is 24.0 Å². The van der Waals surface area contributed by atoms with Crippen molar-refractivity contribution >= 4 is 35.6 Å². The lowest BCUT2D eigenvalue weighted by Gasteiger charge is -2.22. The maximum atomic E-state index is 4.91. The minimum atomic E-state index is 0. The summed E-state index contributed by atoms with van der Waals surface area (Å²) in [7, 11) is 0. The average Bonchev–Trinajstić information content (AvgIpc) is 3.28. The number of aromatic nitrogens is 3. The Labute approximate surface area is 178 Å². The Morgan fingerprint density at radius 3 is 2.70 bits per heavy atom. The smallest absolute Gasteiger partial charge is 0.193 e. The first-order valence-corrected chi connectivity index (χ1v) is 10.2. The Morgan fingerprint density at radius 1 is 1.19 bits per heavy atom. The van der Waals surface area contributed by atoms with Crippen LogP contribution < -0.4 is 5.32 Å². The van der Waals surface area contributed by atoms with Crippen molar-refractivity contribution in [2.75, 3.05) is 26.2 Å². The highest BCUT2D eigenvalue weighted by atomic mass is 127. The molecule has 1 N–H and O–H groups in total. The second kappa shape index (κ2) is 9.71. The second-order valence-corrected chi connectivity index (χ2v) is 7.59. The van der Waals surface area contributed by atoms with Crippen molar-refractivity contribution < 1.29 is 0 Å². The van der Waals surface area contributed by atoms with Gasteiger partial charge in [-0.25, -0.2) is 0 Å². The molecule has 2 unspecified atom stereocenters. The van der Waals surface area contributed by atoms with Gasteiger partial charge in [0.25, 0.3) is 0 Å². The second-order valence-electron chi connectivity index (χ2n) is 7.59. The number of guanidine groups is 1. The largest absolute Gasteiger partial charge is 0.357 e. The fourth-order valence-corrected chi connectivity index (χ4v) is 4.49. The molecule has 148 valence electrons. The first kappa shape index (κ1) is 20.4. The number of rotatable bonds is 5. The molecule has 2 fully saturated rings. The molecule has 2 atom stereocenters. The predicted octanol–water partition coefficient (Wildman–Crippen LogP) is 3.37. The number of aliphatic imine (C=N–C) groups is 1. The minimum absolute atomic E-state index is 0. The molecule has 0 amide bonds. The molecule has 2 aromatic rings. The topological polar surface area (TPSA) is 57.8 Å². The SMILES string of the molecule is CCNC(=NCCCc1nnc2ccccn12)N1CC2CCCCC2C1.I. The maximum absolute atomic E-state index is 4.91. The molecule has 27 heavy (non-hydrogen) atoms. The summed E-state index contributed by atoms with van der Waals surface area (Å²) in [6.45, 7) is 6.28. The van der Waals surface area contributed by atoms with E-state index < -0.39 is 0 Å². The lowest BCUT2D eigenvalue weighted by Crippen LogP contribution is -2.40. The molecular weight excluding hydrogens is 451 g/mol. The molecule has 1 saturated carbocycles. The highest BCUT2D eigenvalue weighted by Crippen LogP contribution is 2.35. The van der Waals surface area contributed by atoms with Crippen LogP contribution in [0.15, 0.2) is 29.4 Å². The highest BCUT2D eigenvalue weighted by Gasteiger charge is 2.35. The number of nitrogens with one attached hydrogen (secondary N) is 1. The predicted molar refractivity (Wildman–Crippen MR) is 120 cm³/mol. The van der Waals surface area contributed by atoms with Crippen molar-refractivity contribution in [1.29, 1.82) is 0 Å². The van der Waals surface area contributed by atoms with Crippen LogP contribution in [-0.4, -0.2) is 51.6 Å². The molecule has 7 heteroatoms. The standard InChI is InChI=1S/C20H30N6.HI/c1-2-21-20(25-14-16-8-3-4-9-17(16)15-25)22-12-7-11-19-24-23-18-10-5-6-13-26(18)19;/h5-6,10,13,16-17H,2-4,7-9,11-12,14-15H2,1H3,(H,21,22);1H. The fraction of sp³-hybridized carbons (Fsp3) is 0.650. The molecule has 0 aromatic carbocycles. The molecule has 0 spiro atoms. The molecule has 1 aliphatic carbocycles. The van der Waals surface area contributed by atoms with Gasteiger partial charge in [-0.1, -0.05) is 18.9 Å². The van der Waals surface area contributed by atoms with Gasteiger partial charge in [-0.05, 0) is 50.2 Å². The first-order chi connectivity index (χ1) is 12.8. The number of hydrogen-bond acceptors (Lipinski definition) is 3. The number of pyridine rings is 1. The van der Waals surface area contributed by atoms with Crippen LogP contribution >= 0.6 is 24.0 Å². The van der Waals surface area contributed by atoms with Gasteiger partial charge in [-0.3, -0.25) is 9.39 Å². The van der Waals surface area contributed by atoms with Gasteiger partial charge in [0.1, 0.15) is 5.82 Å². The summed E-state index contributed by atoms with van der Waals surface area (Å²) in [4.78, 5) is 7.40. The Kier molecular flexibility index (Phi) is 7.32. The van der Waals surface area contributed by atoms with E-state index >= 15 is 0 Å². The molecule has 2 aromatic heterocycles. The summed E-state index contributed by atoms with van der Waals surface area (Å²) >= 11 is 0. The molecule has 2 aliphatic rings. The van der Waals surface area contributed by atoms with E-state index in [1.807, 2.05) is 24.4 Å². The van der Waals surface area contributed by atoms with Crippen LogP contribution in [0.5, 0.6) is 0 Å². The van der Waals surface area contributed by atoms with Crippen molar-refractivity contribution in [3.8, 4) is 0 Å². The monoisotopic (exact) mass is 482 g/mol. The van der Waals surface area contributed by atoms with Crippen LogP contribution in [0.4, 0.5) is 0 Å². The lowest BCUT2D eigenvalue weighted by molar-refractivity contribution is 0.299. The van der Waals surface area contributed by atoms with E-state index in [0.29, 0.717) is 0 Å². The highest BCUT2D eigenvalue weighted by molar-refractivity contribution is 14.0. The summed E-state index contributed by atoms with van der Waals surface area (Å²) in [5, 5.41) is 12.0. The molecular formula is C20H31IN6. The number of halogens is 1. The molecule has 6 nitrogen and oxygen atoms in total. The number of likely N-dealkylation sites (tertiary alicyclic amines) is 1. The van der Waals surface area contributed by atoms with Gasteiger partial charge in [-0.2, -0.15) is 0 Å². The fourth-order valence-electron chi connectivity index (χ4n) is 4.49. The average molecular weight is 482 g/mol. The van der Waals surface area contributed by atoms with Crippen LogP contribution in [0.3, 0.4) is 0 Å². The maximum Gasteiger partial charge on any atom is 0.193 e. The van der Waals surface area contributed by atoms with Gasteiger partial charge < -0.3 is 10.2 Å². The Morgan fingerprint density at radius 2 is 1.96 bits per heavy atom. The van der Waals surface area contributed by atoms with Gasteiger partial charge in [0, 0.05) is 38.8 Å². The molecule has 1 aliphatic heterocycles. The van der Waals surface area contributed by atoms with Gasteiger partial charge >= 0.3 is 0 Å². The Bertz CT molecular complexity index is 744. The van der Waals surface area contributed by atoms with Crippen LogP contribution in [0.2, 0.25) is 0 Å². The molecule has 3 heterocycles. The summed E-state index contributed by atoms with van der Waals surface area (Å²) in [6, 6.07) is 6.01. The normalized spacial score (nSPS) is 22.6. The number of fused-ring (bicyclic) bond motifs is 2. The first-order valence-electron chi connectivity index (χ1n) is 10.2. The molecule has 1 saturated heterocycles. The van der Waals surface area contributed by atoms with E-state index in [0.717, 1.165) is 55.2 Å². The van der Waals surface area contributed by atoms with Crippen LogP contribution in [-0.2, 0) is 6.42 Å². The third-order valence-corrected chi connectivity index (χ3v) is 5.82. The zero-order valence-corrected chi connectivity index (χ0v) is 18.5. The number of hydrogen-bond donors (Lipinski definition) is 1. The number of aryl methyl sites for hydroxylation is 1. The Balaban J connectivity index is 0.00000210. The third-order valence-electron chi connectivity index (χ3n) is 5.82. The van der Waals surface area contributed by atoms with Gasteiger partial charge in [-0.15, -0.1) is 34.2 Å². The van der Waals surface area contributed by atoms with Gasteiger partial charge in [0.15, 0.2) is 11.6 Å². The van der Waals surface area contributed by atoms with Crippen LogP contribution in [0, 0.1) is 11.8 Å². The summed E-state index contributed by atoms with van der Waals surface area (Å²) in [5.74, 6) is 3.89. The zero-order chi connectivity index (χ0) is 17.8. The molecule has 0 bridgehead atoms. The minimum Gasteiger partial charge on any atom is -0.357 e. The summed E-state index contributed by atoms with van der Waals surface area (Å²) in [5.41, 5.74) is 0.916. The van der Waals surface area contributed by atoms with Crippen molar-refractivity contribution in [2.24, 2.45) is 16.8 Å². The van der Waals surface area contributed by atoms with Crippen LogP contribution in [0.25, 0.3) is 5.65 Å². The van der Waals surface area contributed by atoms with Crippen LogP contribution in [0.1, 0.15) is 44.9 Å². The lowest BCUT2D eigenvalue weighted by atomic mass is 9.82. The van der Waals surface area contributed by atoms with Crippen molar-refractivity contribution in [3.05, 3.63) is 30.2 Å². The number of nitrogens with zero attached hydrogens (tertiary/aromatic N) is 5. The van der Waals surface area contributed by atoms with E-state index in [1.54, 1.807) is 0 Å². The van der Waals surface area contributed by atoms with Crippen molar-refractivity contribution in [2.45, 2.75) is 45.4 Å². The zero-order valence-electron chi connectivity index (χ0n) is 16.2. The van der Waals surface area contributed by atoms with E-state index in [9.17, 15) is 0 Å². The Hall–Kier alpha value is -1.38.